The number of hydrogen-bond donors (Lipinski definition) is 1. The molecule has 5 nitrogen and oxygen atoms in total. The van der Waals surface area contributed by atoms with Gasteiger partial charge in [-0.15, -0.1) is 0 Å². The Morgan fingerprint density at radius 2 is 1.30 bits per heavy atom. The molecule has 0 unspecified atom stereocenters. The maximum Gasteiger partial charge on any atom is 0.123 e. The van der Waals surface area contributed by atoms with Crippen LogP contribution in [0.2, 0.25) is 0 Å². The van der Waals surface area contributed by atoms with E-state index in [1.54, 1.807) is 30.9 Å². The summed E-state index contributed by atoms with van der Waals surface area (Å²) in [7, 11) is 0. The van der Waals surface area contributed by atoms with Crippen LogP contribution in [0.25, 0.3) is 0 Å². The fourth-order valence-corrected chi connectivity index (χ4v) is 0.918. The van der Waals surface area contributed by atoms with Crippen molar-refractivity contribution in [3.8, 4) is 0 Å². The molecule has 6 heteroatoms. The highest BCUT2D eigenvalue weighted by Crippen LogP contribution is 1.84. The molecule has 0 aliphatic carbocycles. The monoisotopic (exact) mass is 396 g/mol. The van der Waals surface area contributed by atoms with Crippen molar-refractivity contribution in [3.63, 3.8) is 0 Å². The third kappa shape index (κ3) is 68.7. The van der Waals surface area contributed by atoms with Gasteiger partial charge in [-0.1, -0.05) is 67.5 Å². The van der Waals surface area contributed by atoms with Crippen LogP contribution in [-0.2, 0) is 0 Å². The van der Waals surface area contributed by atoms with Crippen LogP contribution in [0.4, 0.5) is 0 Å². The minimum absolute atomic E-state index is 0.833. The second kappa shape index (κ2) is 26.3. The molecule has 0 fully saturated rings. The largest absolute Gasteiger partial charge is 0.365 e. The fraction of sp³-hybridized carbons (Fsp3) is 0.571. The third-order valence-corrected chi connectivity index (χ3v) is 1.62. The maximum atomic E-state index is 4.33. The number of H-pyrrole nitrogens is 1. The van der Waals surface area contributed by atoms with Gasteiger partial charge in [0.1, 0.15) is 6.26 Å². The molecule has 0 saturated carbocycles. The summed E-state index contributed by atoms with van der Waals surface area (Å²) in [5.41, 5.74) is 0. The molecule has 27 heavy (non-hydrogen) atoms. The highest BCUT2D eigenvalue weighted by molar-refractivity contribution is 7.03. The molecule has 0 bridgehead atoms. The molecule has 0 aromatic carbocycles. The van der Waals surface area contributed by atoms with Crippen molar-refractivity contribution in [1.29, 1.82) is 0 Å². The van der Waals surface area contributed by atoms with Crippen LogP contribution in [0.15, 0.2) is 59.2 Å². The van der Waals surface area contributed by atoms with Crippen molar-refractivity contribution < 1.29 is 4.52 Å². The standard InChI is InChI=1S/3C4H10.C3H4N2.C3H3NO.C3H3NS/c3*1-4(2)3;3*1-2-4-5-3-1/h3*4H,1-3H3;1-3H,(H,4,5);2*1-3H. The molecule has 0 amide bonds. The van der Waals surface area contributed by atoms with Crippen LogP contribution in [0.5, 0.6) is 0 Å². The number of nitrogens with zero attached hydrogens (tertiary/aromatic N) is 3. The lowest BCUT2D eigenvalue weighted by Gasteiger charge is -1.79. The average molecular weight is 397 g/mol. The first-order chi connectivity index (χ1) is 12.7. The van der Waals surface area contributed by atoms with Crippen LogP contribution < -0.4 is 0 Å². The number of aromatic amines is 1. The van der Waals surface area contributed by atoms with E-state index in [1.165, 1.54) is 17.8 Å². The first kappa shape index (κ1) is 29.8. The first-order valence-electron chi connectivity index (χ1n) is 9.32. The van der Waals surface area contributed by atoms with Crippen molar-refractivity contribution >= 4 is 11.5 Å². The molecular formula is C21H40N4OS. The van der Waals surface area contributed by atoms with Crippen molar-refractivity contribution in [2.75, 3.05) is 0 Å². The van der Waals surface area contributed by atoms with Gasteiger partial charge in [-0.25, -0.2) is 4.37 Å². The molecule has 3 rings (SSSR count). The van der Waals surface area contributed by atoms with Gasteiger partial charge in [0, 0.05) is 24.0 Å². The van der Waals surface area contributed by atoms with Crippen molar-refractivity contribution in [1.82, 2.24) is 19.7 Å². The fourth-order valence-electron chi connectivity index (χ4n) is 0.567. The van der Waals surface area contributed by atoms with Crippen molar-refractivity contribution in [2.24, 2.45) is 17.8 Å². The van der Waals surface area contributed by atoms with Gasteiger partial charge in [-0.2, -0.15) is 5.10 Å². The van der Waals surface area contributed by atoms with E-state index >= 15 is 0 Å². The van der Waals surface area contributed by atoms with Gasteiger partial charge in [0.2, 0.25) is 0 Å². The molecule has 0 spiro atoms. The summed E-state index contributed by atoms with van der Waals surface area (Å²) < 4.78 is 8.10. The minimum atomic E-state index is 0.833. The zero-order valence-electron chi connectivity index (χ0n) is 18.6. The molecule has 0 saturated heterocycles. The van der Waals surface area contributed by atoms with Crippen molar-refractivity contribution in [3.05, 3.63) is 54.6 Å². The van der Waals surface area contributed by atoms with E-state index in [1.807, 2.05) is 17.5 Å². The maximum absolute atomic E-state index is 4.33. The van der Waals surface area contributed by atoms with E-state index in [2.05, 4.69) is 86.6 Å². The number of rotatable bonds is 0. The normalized spacial score (nSPS) is 8.44. The van der Waals surface area contributed by atoms with Gasteiger partial charge in [-0.05, 0) is 47.5 Å². The van der Waals surface area contributed by atoms with E-state index in [9.17, 15) is 0 Å². The van der Waals surface area contributed by atoms with Gasteiger partial charge >= 0.3 is 0 Å². The Morgan fingerprint density at radius 3 is 1.41 bits per heavy atom. The van der Waals surface area contributed by atoms with Gasteiger partial charge in [0.05, 0.1) is 6.20 Å². The molecule has 0 aliphatic rings. The Balaban J connectivity index is -0.000000258. The van der Waals surface area contributed by atoms with E-state index < -0.39 is 0 Å². The van der Waals surface area contributed by atoms with Crippen LogP contribution in [0, 0.1) is 17.8 Å². The highest BCUT2D eigenvalue weighted by atomic mass is 32.1. The number of hydrogen-bond acceptors (Lipinski definition) is 5. The molecule has 156 valence electrons. The predicted molar refractivity (Wildman–Crippen MR) is 119 cm³/mol. The molecule has 3 heterocycles. The molecular weight excluding hydrogens is 356 g/mol. The second-order valence-corrected chi connectivity index (χ2v) is 8.03. The summed E-state index contributed by atoms with van der Waals surface area (Å²) in [5, 5.41) is 11.5. The lowest BCUT2D eigenvalue weighted by atomic mass is 10.3. The molecule has 1 N–H and O–H groups in total. The molecule has 3 aromatic heterocycles. The number of aromatic nitrogens is 4. The third-order valence-electron chi connectivity index (χ3n) is 1.10. The zero-order chi connectivity index (χ0) is 21.3. The van der Waals surface area contributed by atoms with Gasteiger partial charge in [0.15, 0.2) is 0 Å². The highest BCUT2D eigenvalue weighted by Gasteiger charge is 1.69. The summed E-state index contributed by atoms with van der Waals surface area (Å²) in [5.74, 6) is 2.50. The van der Waals surface area contributed by atoms with E-state index in [0.717, 1.165) is 17.8 Å². The van der Waals surface area contributed by atoms with Gasteiger partial charge in [-0.3, -0.25) is 5.10 Å². The lowest BCUT2D eigenvalue weighted by molar-refractivity contribution is 0.420. The van der Waals surface area contributed by atoms with E-state index in [0.29, 0.717) is 0 Å². The zero-order valence-corrected chi connectivity index (χ0v) is 19.4. The average Bonchev–Trinajstić information content (AvgIpc) is 3.31. The topological polar surface area (TPSA) is 67.6 Å². The smallest absolute Gasteiger partial charge is 0.123 e. The first-order valence-corrected chi connectivity index (χ1v) is 10.2. The van der Waals surface area contributed by atoms with Gasteiger partial charge < -0.3 is 4.52 Å². The van der Waals surface area contributed by atoms with Crippen molar-refractivity contribution in [2.45, 2.75) is 62.3 Å². The minimum Gasteiger partial charge on any atom is -0.365 e. The Morgan fingerprint density at radius 1 is 0.741 bits per heavy atom. The Labute approximate surface area is 170 Å². The van der Waals surface area contributed by atoms with Crippen LogP contribution >= 0.6 is 11.5 Å². The molecule has 0 aliphatic heterocycles. The molecule has 0 radical (unpaired) electrons. The van der Waals surface area contributed by atoms with Gasteiger partial charge in [0.25, 0.3) is 0 Å². The Hall–Kier alpha value is -1.95. The summed E-state index contributed by atoms with van der Waals surface area (Å²) in [6.45, 7) is 19.5. The van der Waals surface area contributed by atoms with Crippen LogP contribution in [-0.4, -0.2) is 19.7 Å². The van der Waals surface area contributed by atoms with E-state index in [-0.39, 0.29) is 0 Å². The SMILES string of the molecule is CC(C)C.CC(C)C.CC(C)C.c1cn[nH]c1.c1cnoc1.c1cnsc1. The summed E-state index contributed by atoms with van der Waals surface area (Å²) in [4.78, 5) is 0. The summed E-state index contributed by atoms with van der Waals surface area (Å²) in [6.07, 6.45) is 8.32. The predicted octanol–water partition coefficient (Wildman–Crippen LogP) is 7.21. The Bertz CT molecular complexity index is 356. The summed E-state index contributed by atoms with van der Waals surface area (Å²) in [6, 6.07) is 5.46. The number of nitrogens with one attached hydrogen (secondary N) is 1. The quantitative estimate of drug-likeness (QED) is 0.435. The summed E-state index contributed by atoms with van der Waals surface area (Å²) >= 11 is 1.46. The van der Waals surface area contributed by atoms with E-state index in [4.69, 9.17) is 0 Å². The second-order valence-electron chi connectivity index (χ2n) is 7.34. The van der Waals surface area contributed by atoms with Crippen LogP contribution in [0.3, 0.4) is 0 Å². The molecule has 0 atom stereocenters. The molecule has 3 aromatic rings. The Kier molecular flexibility index (Phi) is 29.0. The lowest BCUT2D eigenvalue weighted by Crippen LogP contribution is -1.66. The van der Waals surface area contributed by atoms with Crippen LogP contribution in [0.1, 0.15) is 62.3 Å².